The average Bonchev–Trinajstić information content (AvgIpc) is 2.42. The van der Waals surface area contributed by atoms with Gasteiger partial charge in [-0.3, -0.25) is 9.59 Å². The third kappa shape index (κ3) is 5.16. The second-order valence-corrected chi connectivity index (χ2v) is 6.77. The molecule has 1 heterocycles. The number of rotatable bonds is 5. The first-order valence-electron chi connectivity index (χ1n) is 5.50. The Morgan fingerprint density at radius 1 is 1.47 bits per heavy atom. The minimum absolute atomic E-state index is 0.0632. The molecular weight excluding hydrogens is 246 g/mol. The number of hydrogen-bond donors (Lipinski definition) is 2. The first-order valence-corrected chi connectivity index (χ1v) is 7.32. The zero-order valence-electron chi connectivity index (χ0n) is 9.68. The molecule has 1 rings (SSSR count). The molecule has 0 aromatic carbocycles. The molecule has 0 bridgehead atoms. The Balaban J connectivity index is 2.33. The van der Waals surface area contributed by atoms with Gasteiger partial charge in [0.1, 0.15) is 0 Å². The van der Waals surface area contributed by atoms with Crippen LogP contribution in [-0.2, 0) is 19.4 Å². The molecule has 1 aliphatic heterocycles. The van der Waals surface area contributed by atoms with Gasteiger partial charge in [-0.2, -0.15) is 0 Å². The number of amides is 1. The predicted octanol–water partition coefficient (Wildman–Crippen LogP) is -0.209. The molecule has 0 aromatic heterocycles. The number of carbonyl (C=O) groups excluding carboxylic acids is 1. The van der Waals surface area contributed by atoms with Gasteiger partial charge in [0, 0.05) is 12.5 Å². The summed E-state index contributed by atoms with van der Waals surface area (Å²) in [5.41, 5.74) is 0. The molecule has 0 spiro atoms. The Kier molecular flexibility index (Phi) is 4.50. The molecule has 1 amide bonds. The number of nitrogens with one attached hydrogen (secondary N) is 1. The highest BCUT2D eigenvalue weighted by Crippen LogP contribution is 2.21. The second-order valence-electron chi connectivity index (χ2n) is 4.54. The van der Waals surface area contributed by atoms with Crippen LogP contribution in [0, 0.1) is 5.92 Å². The molecule has 6 nitrogen and oxygen atoms in total. The molecule has 0 aromatic rings. The van der Waals surface area contributed by atoms with Gasteiger partial charge in [-0.1, -0.05) is 0 Å². The SMILES string of the molecule is CC(CC(=O)O)NC(=O)CC1CCS(=O)(=O)C1. The summed E-state index contributed by atoms with van der Waals surface area (Å²) in [7, 11) is -2.96. The average molecular weight is 263 g/mol. The summed E-state index contributed by atoms with van der Waals surface area (Å²) in [5.74, 6) is -1.16. The van der Waals surface area contributed by atoms with Crippen molar-refractivity contribution in [2.75, 3.05) is 11.5 Å². The van der Waals surface area contributed by atoms with E-state index in [1.807, 2.05) is 0 Å². The van der Waals surface area contributed by atoms with E-state index in [1.54, 1.807) is 6.92 Å². The van der Waals surface area contributed by atoms with Crippen molar-refractivity contribution in [1.82, 2.24) is 5.32 Å². The van der Waals surface area contributed by atoms with E-state index in [-0.39, 0.29) is 36.2 Å². The standard InChI is InChI=1S/C10H17NO5S/c1-7(4-10(13)14)11-9(12)5-8-2-3-17(15,16)6-8/h7-8H,2-6H2,1H3,(H,11,12)(H,13,14). The van der Waals surface area contributed by atoms with E-state index in [0.29, 0.717) is 6.42 Å². The van der Waals surface area contributed by atoms with Crippen molar-refractivity contribution in [3.05, 3.63) is 0 Å². The lowest BCUT2D eigenvalue weighted by atomic mass is 10.0. The van der Waals surface area contributed by atoms with Crippen LogP contribution < -0.4 is 5.32 Å². The van der Waals surface area contributed by atoms with E-state index in [0.717, 1.165) is 0 Å². The van der Waals surface area contributed by atoms with Crippen LogP contribution >= 0.6 is 0 Å². The summed E-state index contributed by atoms with van der Waals surface area (Å²) in [6.07, 6.45) is 0.543. The van der Waals surface area contributed by atoms with Gasteiger partial charge < -0.3 is 10.4 Å². The van der Waals surface area contributed by atoms with Crippen LogP contribution in [0.1, 0.15) is 26.2 Å². The highest BCUT2D eigenvalue weighted by molar-refractivity contribution is 7.91. The highest BCUT2D eigenvalue weighted by Gasteiger charge is 2.29. The maximum Gasteiger partial charge on any atom is 0.305 e. The highest BCUT2D eigenvalue weighted by atomic mass is 32.2. The molecule has 0 saturated carbocycles. The van der Waals surface area contributed by atoms with Crippen LogP contribution in [0.5, 0.6) is 0 Å². The third-order valence-electron chi connectivity index (χ3n) is 2.69. The monoisotopic (exact) mass is 263 g/mol. The molecular formula is C10H17NO5S. The molecule has 17 heavy (non-hydrogen) atoms. The van der Waals surface area contributed by atoms with E-state index in [2.05, 4.69) is 5.32 Å². The molecule has 1 saturated heterocycles. The molecule has 1 fully saturated rings. The molecule has 1 aliphatic rings. The fourth-order valence-electron chi connectivity index (χ4n) is 1.94. The van der Waals surface area contributed by atoms with Gasteiger partial charge >= 0.3 is 5.97 Å². The van der Waals surface area contributed by atoms with Crippen LogP contribution in [0.2, 0.25) is 0 Å². The summed E-state index contributed by atoms with van der Waals surface area (Å²) in [4.78, 5) is 21.9. The van der Waals surface area contributed by atoms with E-state index in [4.69, 9.17) is 5.11 Å². The largest absolute Gasteiger partial charge is 0.481 e. The smallest absolute Gasteiger partial charge is 0.305 e. The van der Waals surface area contributed by atoms with Crippen molar-refractivity contribution >= 4 is 21.7 Å². The Hall–Kier alpha value is -1.11. The third-order valence-corrected chi connectivity index (χ3v) is 4.53. The van der Waals surface area contributed by atoms with E-state index in [9.17, 15) is 18.0 Å². The zero-order valence-corrected chi connectivity index (χ0v) is 10.5. The van der Waals surface area contributed by atoms with E-state index < -0.39 is 21.8 Å². The number of aliphatic carboxylic acids is 1. The van der Waals surface area contributed by atoms with E-state index in [1.165, 1.54) is 0 Å². The number of carboxylic acid groups (broad SMARTS) is 1. The van der Waals surface area contributed by atoms with Gasteiger partial charge in [0.2, 0.25) is 5.91 Å². The van der Waals surface area contributed by atoms with Crippen LogP contribution in [0.25, 0.3) is 0 Å². The second kappa shape index (κ2) is 5.48. The van der Waals surface area contributed by atoms with Gasteiger partial charge in [-0.15, -0.1) is 0 Å². The van der Waals surface area contributed by atoms with Crippen molar-refractivity contribution in [1.29, 1.82) is 0 Å². The number of hydrogen-bond acceptors (Lipinski definition) is 4. The molecule has 7 heteroatoms. The summed E-state index contributed by atoms with van der Waals surface area (Å²) in [6, 6.07) is -0.432. The lowest BCUT2D eigenvalue weighted by molar-refractivity contribution is -0.137. The summed E-state index contributed by atoms with van der Waals surface area (Å²) < 4.78 is 22.4. The molecule has 0 radical (unpaired) electrons. The van der Waals surface area contributed by atoms with Crippen molar-refractivity contribution in [2.24, 2.45) is 5.92 Å². The Morgan fingerprint density at radius 3 is 2.59 bits per heavy atom. The van der Waals surface area contributed by atoms with Gasteiger partial charge in [0.15, 0.2) is 9.84 Å². The van der Waals surface area contributed by atoms with Gasteiger partial charge in [0.05, 0.1) is 17.9 Å². The lowest BCUT2D eigenvalue weighted by Crippen LogP contribution is -2.35. The number of carbonyl (C=O) groups is 2. The maximum atomic E-state index is 11.5. The van der Waals surface area contributed by atoms with Crippen molar-refractivity contribution in [3.63, 3.8) is 0 Å². The minimum atomic E-state index is -2.96. The molecule has 0 aliphatic carbocycles. The van der Waals surface area contributed by atoms with Gasteiger partial charge in [-0.05, 0) is 19.3 Å². The van der Waals surface area contributed by atoms with Gasteiger partial charge in [0.25, 0.3) is 0 Å². The normalized spacial score (nSPS) is 24.2. The van der Waals surface area contributed by atoms with Crippen molar-refractivity contribution in [2.45, 2.75) is 32.2 Å². The van der Waals surface area contributed by atoms with Crippen LogP contribution in [0.15, 0.2) is 0 Å². The Morgan fingerprint density at radius 2 is 2.12 bits per heavy atom. The summed E-state index contributed by atoms with van der Waals surface area (Å²) in [6.45, 7) is 1.61. The molecule has 2 atom stereocenters. The van der Waals surface area contributed by atoms with Crippen LogP contribution in [-0.4, -0.2) is 42.9 Å². The number of carboxylic acids is 1. The van der Waals surface area contributed by atoms with Gasteiger partial charge in [-0.25, -0.2) is 8.42 Å². The van der Waals surface area contributed by atoms with Crippen molar-refractivity contribution in [3.8, 4) is 0 Å². The fraction of sp³-hybridized carbons (Fsp3) is 0.800. The summed E-state index contributed by atoms with van der Waals surface area (Å²) in [5, 5.41) is 11.1. The predicted molar refractivity (Wildman–Crippen MR) is 61.2 cm³/mol. The Labute approximate surface area is 100 Å². The zero-order chi connectivity index (χ0) is 13.1. The minimum Gasteiger partial charge on any atom is -0.481 e. The number of sulfone groups is 1. The fourth-order valence-corrected chi connectivity index (χ4v) is 3.80. The van der Waals surface area contributed by atoms with E-state index >= 15 is 0 Å². The maximum absolute atomic E-state index is 11.5. The first kappa shape index (κ1) is 14.0. The molecule has 2 unspecified atom stereocenters. The lowest BCUT2D eigenvalue weighted by Gasteiger charge is -2.13. The molecule has 98 valence electrons. The topological polar surface area (TPSA) is 101 Å². The quantitative estimate of drug-likeness (QED) is 0.715. The van der Waals surface area contributed by atoms with Crippen molar-refractivity contribution < 1.29 is 23.1 Å². The Bertz CT molecular complexity index is 403. The van der Waals surface area contributed by atoms with Crippen LogP contribution in [0.4, 0.5) is 0 Å². The molecule has 2 N–H and O–H groups in total. The van der Waals surface area contributed by atoms with Crippen LogP contribution in [0.3, 0.4) is 0 Å². The summed E-state index contributed by atoms with van der Waals surface area (Å²) >= 11 is 0. The first-order chi connectivity index (χ1) is 7.78.